The van der Waals surface area contributed by atoms with Crippen molar-refractivity contribution in [2.24, 2.45) is 0 Å². The van der Waals surface area contributed by atoms with E-state index >= 15 is 0 Å². The van der Waals surface area contributed by atoms with Gasteiger partial charge in [0, 0.05) is 0 Å². The maximum absolute atomic E-state index is 9.96. The van der Waals surface area contributed by atoms with Crippen LogP contribution in [0.15, 0.2) is 0 Å². The summed E-state index contributed by atoms with van der Waals surface area (Å²) < 4.78 is 32.6. The molecule has 0 aliphatic carbocycles. The summed E-state index contributed by atoms with van der Waals surface area (Å²) in [5.41, 5.74) is 0. The Bertz CT molecular complexity index is 173. The fourth-order valence-electron chi connectivity index (χ4n) is 0.399. The van der Waals surface area contributed by atoms with Gasteiger partial charge in [0.15, 0.2) is 0 Å². The van der Waals surface area contributed by atoms with Crippen LogP contribution in [-0.4, -0.2) is 31.4 Å². The lowest BCUT2D eigenvalue weighted by Crippen LogP contribution is -2.08. The van der Waals surface area contributed by atoms with Gasteiger partial charge >= 0.3 is 0 Å². The average molecular weight is 172 g/mol. The van der Waals surface area contributed by atoms with Crippen LogP contribution >= 0.6 is 0 Å². The standard InChI is InChI=1S/C3H6O4S.2H3N/c4-8(5,6)2-3-1-7-3;;/h3H,1-2H2,(H,4,5,6);2*1H3. The van der Waals surface area contributed by atoms with Crippen LogP contribution in [-0.2, 0) is 14.9 Å². The Morgan fingerprint density at radius 1 is 1.50 bits per heavy atom. The maximum atomic E-state index is 9.96. The van der Waals surface area contributed by atoms with E-state index in [0.717, 1.165) is 0 Å². The van der Waals surface area contributed by atoms with Crippen molar-refractivity contribution in [2.45, 2.75) is 6.10 Å². The molecule has 1 atom stereocenters. The third-order valence-corrected chi connectivity index (χ3v) is 1.59. The smallest absolute Gasteiger partial charge is 0.267 e. The van der Waals surface area contributed by atoms with Gasteiger partial charge in [0.1, 0.15) is 5.75 Å². The van der Waals surface area contributed by atoms with Crippen LogP contribution < -0.4 is 12.3 Å². The second kappa shape index (κ2) is 3.84. The van der Waals surface area contributed by atoms with E-state index in [-0.39, 0.29) is 24.2 Å². The summed E-state index contributed by atoms with van der Waals surface area (Å²) >= 11 is 0. The van der Waals surface area contributed by atoms with Crippen molar-refractivity contribution in [3.8, 4) is 0 Å². The molecule has 1 heterocycles. The van der Waals surface area contributed by atoms with E-state index < -0.39 is 10.1 Å². The SMILES string of the molecule is N.N.O=S(=O)(O)CC1CO1. The molecule has 1 rings (SSSR count). The lowest BCUT2D eigenvalue weighted by atomic mass is 10.6. The molecule has 7 heteroatoms. The van der Waals surface area contributed by atoms with Gasteiger partial charge in [0.05, 0.1) is 12.7 Å². The molecule has 1 saturated heterocycles. The maximum Gasteiger partial charge on any atom is 0.267 e. The summed E-state index contributed by atoms with van der Waals surface area (Å²) in [5, 5.41) is 0. The molecule has 6 nitrogen and oxygen atoms in total. The molecule has 1 aliphatic heterocycles. The van der Waals surface area contributed by atoms with E-state index in [1.54, 1.807) is 0 Å². The van der Waals surface area contributed by atoms with Crippen molar-refractivity contribution in [3.05, 3.63) is 0 Å². The zero-order valence-electron chi connectivity index (χ0n) is 5.49. The van der Waals surface area contributed by atoms with Crippen LogP contribution in [0.2, 0.25) is 0 Å². The molecule has 0 bridgehead atoms. The van der Waals surface area contributed by atoms with Gasteiger partial charge in [-0.3, -0.25) is 4.55 Å². The van der Waals surface area contributed by atoms with Crippen LogP contribution in [0.3, 0.4) is 0 Å². The second-order valence-electron chi connectivity index (χ2n) is 1.70. The highest BCUT2D eigenvalue weighted by molar-refractivity contribution is 7.85. The van der Waals surface area contributed by atoms with Crippen LogP contribution in [0, 0.1) is 0 Å². The minimum Gasteiger partial charge on any atom is -0.372 e. The third kappa shape index (κ3) is 5.92. The van der Waals surface area contributed by atoms with Gasteiger partial charge < -0.3 is 17.0 Å². The first-order valence-electron chi connectivity index (χ1n) is 2.15. The highest BCUT2D eigenvalue weighted by atomic mass is 32.2. The first-order valence-corrected chi connectivity index (χ1v) is 3.75. The summed E-state index contributed by atoms with van der Waals surface area (Å²) in [6.07, 6.45) is -0.245. The molecule has 0 spiro atoms. The van der Waals surface area contributed by atoms with Gasteiger partial charge in [-0.25, -0.2) is 0 Å². The Labute approximate surface area is 59.5 Å². The van der Waals surface area contributed by atoms with Crippen LogP contribution in [0.4, 0.5) is 0 Å². The molecule has 0 radical (unpaired) electrons. The predicted molar refractivity (Wildman–Crippen MR) is 36.2 cm³/mol. The molecule has 1 aliphatic rings. The predicted octanol–water partition coefficient (Wildman–Crippen LogP) is -0.403. The third-order valence-electron chi connectivity index (χ3n) is 0.799. The summed E-state index contributed by atoms with van der Waals surface area (Å²) in [6, 6.07) is 0. The highest BCUT2D eigenvalue weighted by Crippen LogP contribution is 2.09. The first-order chi connectivity index (χ1) is 3.58. The van der Waals surface area contributed by atoms with Gasteiger partial charge in [-0.15, -0.1) is 0 Å². The number of epoxide rings is 1. The van der Waals surface area contributed by atoms with Crippen molar-refractivity contribution < 1.29 is 17.7 Å². The molecule has 0 aromatic heterocycles. The molecule has 7 N–H and O–H groups in total. The average Bonchev–Trinajstić information content (AvgIpc) is 2.12. The Balaban J connectivity index is 0. The van der Waals surface area contributed by atoms with E-state index in [9.17, 15) is 8.42 Å². The monoisotopic (exact) mass is 172 g/mol. The van der Waals surface area contributed by atoms with Crippen LogP contribution in [0.25, 0.3) is 0 Å². The summed E-state index contributed by atoms with van der Waals surface area (Å²) in [5.74, 6) is -0.257. The Kier molecular flexibility index (Phi) is 4.78. The zero-order valence-corrected chi connectivity index (χ0v) is 6.30. The fourth-order valence-corrected chi connectivity index (χ4v) is 1.06. The molecule has 1 unspecified atom stereocenters. The second-order valence-corrected chi connectivity index (χ2v) is 3.20. The lowest BCUT2D eigenvalue weighted by molar-refractivity contribution is 0.413. The van der Waals surface area contributed by atoms with E-state index in [2.05, 4.69) is 4.74 Å². The van der Waals surface area contributed by atoms with Gasteiger partial charge in [-0.1, -0.05) is 0 Å². The highest BCUT2D eigenvalue weighted by Gasteiger charge is 2.27. The van der Waals surface area contributed by atoms with Crippen molar-refractivity contribution >= 4 is 10.1 Å². The largest absolute Gasteiger partial charge is 0.372 e. The van der Waals surface area contributed by atoms with E-state index in [4.69, 9.17) is 4.55 Å². The Morgan fingerprint density at radius 2 is 1.90 bits per heavy atom. The Morgan fingerprint density at radius 3 is 2.00 bits per heavy atom. The normalized spacial score (nSPS) is 22.3. The molecule has 0 amide bonds. The van der Waals surface area contributed by atoms with Crippen molar-refractivity contribution in [2.75, 3.05) is 12.4 Å². The molecule has 64 valence electrons. The lowest BCUT2D eigenvalue weighted by Gasteiger charge is -1.86. The summed E-state index contributed by atoms with van der Waals surface area (Å²) in [6.45, 7) is 0.458. The summed E-state index contributed by atoms with van der Waals surface area (Å²) in [7, 11) is -3.79. The number of hydrogen-bond acceptors (Lipinski definition) is 5. The van der Waals surface area contributed by atoms with Crippen LogP contribution in [0.1, 0.15) is 0 Å². The molecular weight excluding hydrogens is 160 g/mol. The molecule has 0 saturated carbocycles. The zero-order chi connectivity index (χ0) is 6.20. The van der Waals surface area contributed by atoms with E-state index in [1.165, 1.54) is 0 Å². The van der Waals surface area contributed by atoms with Gasteiger partial charge in [0.25, 0.3) is 10.1 Å². The molecule has 0 aromatic carbocycles. The molecule has 0 aromatic rings. The quantitative estimate of drug-likeness (QED) is 0.382. The first kappa shape index (κ1) is 12.5. The van der Waals surface area contributed by atoms with Gasteiger partial charge in [0.2, 0.25) is 0 Å². The van der Waals surface area contributed by atoms with Crippen molar-refractivity contribution in [1.82, 2.24) is 12.3 Å². The van der Waals surface area contributed by atoms with E-state index in [1.807, 2.05) is 0 Å². The Hall–Kier alpha value is -0.210. The number of rotatable bonds is 2. The number of hydrogen-bond donors (Lipinski definition) is 3. The molecule has 10 heavy (non-hydrogen) atoms. The van der Waals surface area contributed by atoms with Crippen LogP contribution in [0.5, 0.6) is 0 Å². The minimum atomic E-state index is -3.79. The molecular formula is C3H12N2O4S. The van der Waals surface area contributed by atoms with Gasteiger partial charge in [-0.05, 0) is 0 Å². The van der Waals surface area contributed by atoms with Crippen molar-refractivity contribution in [1.29, 1.82) is 0 Å². The minimum absolute atomic E-state index is 0. The van der Waals surface area contributed by atoms with Gasteiger partial charge in [-0.2, -0.15) is 8.42 Å². The van der Waals surface area contributed by atoms with Crippen molar-refractivity contribution in [3.63, 3.8) is 0 Å². The molecule has 1 fully saturated rings. The summed E-state index contributed by atoms with van der Waals surface area (Å²) in [4.78, 5) is 0. The topological polar surface area (TPSA) is 137 Å². The fraction of sp³-hybridized carbons (Fsp3) is 1.00. The number of ether oxygens (including phenoxy) is 1. The van der Waals surface area contributed by atoms with E-state index in [0.29, 0.717) is 6.61 Å².